The monoisotopic (exact) mass is 267 g/mol. The molecule has 0 aromatic carbocycles. The van der Waals surface area contributed by atoms with Gasteiger partial charge < -0.3 is 0 Å². The lowest BCUT2D eigenvalue weighted by Gasteiger charge is -2.07. The van der Waals surface area contributed by atoms with Gasteiger partial charge in [0.05, 0.1) is 5.75 Å². The number of halogens is 2. The molecule has 0 atom stereocenters. The Bertz CT molecular complexity index is 448. The fourth-order valence-electron chi connectivity index (χ4n) is 1.34. The summed E-state index contributed by atoms with van der Waals surface area (Å²) in [4.78, 5) is 4.06. The Labute approximate surface area is 98.8 Å². The summed E-state index contributed by atoms with van der Waals surface area (Å²) in [6, 6.07) is 1.86. The highest BCUT2D eigenvalue weighted by atomic mass is 35.7. The molecule has 0 radical (unpaired) electrons. The maximum atomic E-state index is 10.8. The molecule has 0 spiro atoms. The molecule has 84 valence electrons. The molecule has 1 aromatic rings. The van der Waals surface area contributed by atoms with Crippen molar-refractivity contribution in [2.45, 2.75) is 20.3 Å². The van der Waals surface area contributed by atoms with Gasteiger partial charge in [-0.15, -0.1) is 0 Å². The summed E-state index contributed by atoms with van der Waals surface area (Å²) in [5.74, 6) is -0.125. The van der Waals surface area contributed by atoms with Crippen LogP contribution < -0.4 is 0 Å². The molecule has 0 amide bonds. The van der Waals surface area contributed by atoms with E-state index in [0.29, 0.717) is 11.6 Å². The molecule has 6 heteroatoms. The molecule has 15 heavy (non-hydrogen) atoms. The molecule has 0 aliphatic heterocycles. The molecule has 1 aromatic heterocycles. The van der Waals surface area contributed by atoms with Crippen LogP contribution in [0.4, 0.5) is 0 Å². The Morgan fingerprint density at radius 1 is 1.40 bits per heavy atom. The number of hydrogen-bond acceptors (Lipinski definition) is 3. The van der Waals surface area contributed by atoms with Crippen LogP contribution in [0.15, 0.2) is 6.07 Å². The van der Waals surface area contributed by atoms with E-state index in [1.165, 1.54) is 0 Å². The van der Waals surface area contributed by atoms with Gasteiger partial charge in [0, 0.05) is 16.4 Å². The summed E-state index contributed by atoms with van der Waals surface area (Å²) in [5, 5.41) is 0.354. The van der Waals surface area contributed by atoms with Crippen molar-refractivity contribution in [3.63, 3.8) is 0 Å². The van der Waals surface area contributed by atoms with Crippen molar-refractivity contribution in [2.24, 2.45) is 0 Å². The third-order valence-electron chi connectivity index (χ3n) is 2.02. The number of aryl methyl sites for hydroxylation is 2. The lowest BCUT2D eigenvalue weighted by molar-refractivity contribution is 0.609. The minimum absolute atomic E-state index is 0.125. The van der Waals surface area contributed by atoms with Crippen molar-refractivity contribution >= 4 is 31.3 Å². The second kappa shape index (κ2) is 4.68. The minimum atomic E-state index is -3.48. The molecular formula is C9H11Cl2NO2S. The van der Waals surface area contributed by atoms with Crippen LogP contribution in [-0.2, 0) is 15.5 Å². The van der Waals surface area contributed by atoms with Crippen LogP contribution in [0.3, 0.4) is 0 Å². The van der Waals surface area contributed by atoms with Gasteiger partial charge in [-0.25, -0.2) is 13.4 Å². The van der Waals surface area contributed by atoms with E-state index in [1.807, 2.05) is 19.9 Å². The summed E-state index contributed by atoms with van der Waals surface area (Å²) < 4.78 is 21.6. The molecule has 1 rings (SSSR count). The van der Waals surface area contributed by atoms with E-state index in [-0.39, 0.29) is 5.75 Å². The second-order valence-corrected chi connectivity index (χ2v) is 6.60. The third kappa shape index (κ3) is 3.97. The van der Waals surface area contributed by atoms with Crippen molar-refractivity contribution in [1.29, 1.82) is 0 Å². The third-order valence-corrected chi connectivity index (χ3v) is 3.49. The Morgan fingerprint density at radius 3 is 2.47 bits per heavy atom. The van der Waals surface area contributed by atoms with Crippen molar-refractivity contribution in [3.05, 3.63) is 28.0 Å². The predicted octanol–water partition coefficient (Wildman–Crippen LogP) is 2.46. The first-order valence-corrected chi connectivity index (χ1v) is 7.20. The number of rotatable bonds is 3. The van der Waals surface area contributed by atoms with Gasteiger partial charge in [0.25, 0.3) is 0 Å². The zero-order valence-corrected chi connectivity index (χ0v) is 10.7. The highest BCUT2D eigenvalue weighted by Gasteiger charge is 2.11. The standard InChI is InChI=1S/C9H11Cl2NO2S/c1-6-5-7(2)12-9(10)8(6)3-4-15(11,13)14/h5H,3-4H2,1-2H3. The number of nitrogens with zero attached hydrogens (tertiary/aromatic N) is 1. The van der Waals surface area contributed by atoms with Crippen LogP contribution in [0.2, 0.25) is 5.15 Å². The van der Waals surface area contributed by atoms with Crippen molar-refractivity contribution in [1.82, 2.24) is 4.98 Å². The van der Waals surface area contributed by atoms with Crippen LogP contribution in [0.1, 0.15) is 16.8 Å². The highest BCUT2D eigenvalue weighted by Crippen LogP contribution is 2.20. The first-order chi connectivity index (χ1) is 6.79. The SMILES string of the molecule is Cc1cc(C)c(CCS(=O)(=O)Cl)c(Cl)n1. The predicted molar refractivity (Wildman–Crippen MR) is 62.1 cm³/mol. The second-order valence-electron chi connectivity index (χ2n) is 3.34. The smallest absolute Gasteiger partial charge is 0.232 e. The van der Waals surface area contributed by atoms with E-state index in [2.05, 4.69) is 4.98 Å². The molecular weight excluding hydrogens is 257 g/mol. The van der Waals surface area contributed by atoms with E-state index in [1.54, 1.807) is 0 Å². The molecule has 0 unspecified atom stereocenters. The van der Waals surface area contributed by atoms with Crippen LogP contribution in [0.5, 0.6) is 0 Å². The molecule has 0 bridgehead atoms. The normalized spacial score (nSPS) is 11.7. The molecule has 1 heterocycles. The largest absolute Gasteiger partial charge is 0.241 e. The van der Waals surface area contributed by atoms with Gasteiger partial charge in [0.15, 0.2) is 0 Å². The van der Waals surface area contributed by atoms with Crippen molar-refractivity contribution in [3.8, 4) is 0 Å². The van der Waals surface area contributed by atoms with Gasteiger partial charge in [-0.2, -0.15) is 0 Å². The summed E-state index contributed by atoms with van der Waals surface area (Å²) >= 11 is 5.91. The Kier molecular flexibility index (Phi) is 3.98. The fraction of sp³-hybridized carbons (Fsp3) is 0.444. The molecule has 0 aliphatic rings. The van der Waals surface area contributed by atoms with Gasteiger partial charge in [-0.3, -0.25) is 0 Å². The summed E-state index contributed by atoms with van der Waals surface area (Å²) in [6.45, 7) is 3.71. The van der Waals surface area contributed by atoms with Gasteiger partial charge >= 0.3 is 0 Å². The molecule has 0 fully saturated rings. The topological polar surface area (TPSA) is 47.0 Å². The van der Waals surface area contributed by atoms with E-state index >= 15 is 0 Å². The molecule has 0 N–H and O–H groups in total. The Hall–Kier alpha value is -0.320. The molecule has 0 saturated carbocycles. The molecule has 0 aliphatic carbocycles. The first-order valence-electron chi connectivity index (χ1n) is 4.34. The van der Waals surface area contributed by atoms with Crippen LogP contribution >= 0.6 is 22.3 Å². The van der Waals surface area contributed by atoms with Gasteiger partial charge in [0.2, 0.25) is 9.05 Å². The van der Waals surface area contributed by atoms with E-state index in [9.17, 15) is 8.42 Å². The van der Waals surface area contributed by atoms with Crippen molar-refractivity contribution in [2.75, 3.05) is 5.75 Å². The fourth-order valence-corrected chi connectivity index (χ4v) is 2.40. The lowest BCUT2D eigenvalue weighted by Crippen LogP contribution is -2.04. The minimum Gasteiger partial charge on any atom is -0.241 e. The number of pyridine rings is 1. The number of hydrogen-bond donors (Lipinski definition) is 0. The van der Waals surface area contributed by atoms with Crippen molar-refractivity contribution < 1.29 is 8.42 Å². The average molecular weight is 268 g/mol. The Balaban J connectivity index is 2.96. The lowest BCUT2D eigenvalue weighted by atomic mass is 10.1. The van der Waals surface area contributed by atoms with Gasteiger partial charge in [0.1, 0.15) is 5.15 Å². The average Bonchev–Trinajstić information content (AvgIpc) is 1.99. The van der Waals surface area contributed by atoms with Gasteiger partial charge in [-0.1, -0.05) is 11.6 Å². The summed E-state index contributed by atoms with van der Waals surface area (Å²) in [5.41, 5.74) is 2.49. The summed E-state index contributed by atoms with van der Waals surface area (Å²) in [6.07, 6.45) is 0.295. The van der Waals surface area contributed by atoms with Crippen LogP contribution in [0.25, 0.3) is 0 Å². The van der Waals surface area contributed by atoms with Crippen LogP contribution in [-0.4, -0.2) is 19.2 Å². The molecule has 0 saturated heterocycles. The van der Waals surface area contributed by atoms with E-state index < -0.39 is 9.05 Å². The maximum absolute atomic E-state index is 10.8. The number of aromatic nitrogens is 1. The molecule has 3 nitrogen and oxygen atoms in total. The zero-order valence-electron chi connectivity index (χ0n) is 8.42. The van der Waals surface area contributed by atoms with Gasteiger partial charge in [-0.05, 0) is 37.5 Å². The Morgan fingerprint density at radius 2 is 2.00 bits per heavy atom. The zero-order chi connectivity index (χ0) is 11.6. The quantitative estimate of drug-likeness (QED) is 0.625. The van der Waals surface area contributed by atoms with E-state index in [4.69, 9.17) is 22.3 Å². The maximum Gasteiger partial charge on any atom is 0.232 e. The highest BCUT2D eigenvalue weighted by molar-refractivity contribution is 8.13. The van der Waals surface area contributed by atoms with E-state index in [0.717, 1.165) is 16.8 Å². The summed E-state index contributed by atoms with van der Waals surface area (Å²) in [7, 11) is 1.65. The first kappa shape index (κ1) is 12.7. The van der Waals surface area contributed by atoms with Crippen LogP contribution in [0, 0.1) is 13.8 Å².